The topological polar surface area (TPSA) is 58.6 Å². The largest absolute Gasteiger partial charge is 0.484 e. The molecule has 3 aromatic rings. The lowest BCUT2D eigenvalue weighted by atomic mass is 10.0. The highest BCUT2D eigenvalue weighted by atomic mass is 79.9. The molecule has 0 saturated carbocycles. The van der Waals surface area contributed by atoms with Crippen molar-refractivity contribution in [3.05, 3.63) is 99.5 Å². The highest BCUT2D eigenvalue weighted by molar-refractivity contribution is 9.10. The lowest BCUT2D eigenvalue weighted by molar-refractivity contribution is -0.143. The van der Waals surface area contributed by atoms with Crippen molar-refractivity contribution in [1.29, 1.82) is 0 Å². The highest BCUT2D eigenvalue weighted by Crippen LogP contribution is 2.20. The second kappa shape index (κ2) is 13.3. The van der Waals surface area contributed by atoms with E-state index in [-0.39, 0.29) is 31.0 Å². The van der Waals surface area contributed by atoms with Crippen molar-refractivity contribution < 1.29 is 14.3 Å². The third-order valence-electron chi connectivity index (χ3n) is 5.67. The predicted molar refractivity (Wildman–Crippen MR) is 143 cm³/mol. The summed E-state index contributed by atoms with van der Waals surface area (Å²) in [5.74, 6) is 0.0245. The van der Waals surface area contributed by atoms with E-state index in [2.05, 4.69) is 21.2 Å². The van der Waals surface area contributed by atoms with E-state index in [0.717, 1.165) is 22.0 Å². The number of carbonyl (C=O) groups is 2. The van der Waals surface area contributed by atoms with E-state index in [1.807, 2.05) is 68.4 Å². The van der Waals surface area contributed by atoms with Crippen LogP contribution in [0.2, 0.25) is 5.02 Å². The molecule has 0 bridgehead atoms. The smallest absolute Gasteiger partial charge is 0.261 e. The van der Waals surface area contributed by atoms with Crippen LogP contribution in [-0.2, 0) is 22.6 Å². The molecule has 1 N–H and O–H groups in total. The molecule has 0 fully saturated rings. The van der Waals surface area contributed by atoms with Crippen LogP contribution in [0.4, 0.5) is 0 Å². The summed E-state index contributed by atoms with van der Waals surface area (Å²) in [5, 5.41) is 3.59. The summed E-state index contributed by atoms with van der Waals surface area (Å²) in [7, 11) is 0. The zero-order valence-corrected chi connectivity index (χ0v) is 22.3. The maximum Gasteiger partial charge on any atom is 0.261 e. The van der Waals surface area contributed by atoms with Gasteiger partial charge >= 0.3 is 0 Å². The quantitative estimate of drug-likeness (QED) is 0.313. The third-order valence-corrected chi connectivity index (χ3v) is 6.40. The standard InChI is InChI=1S/C28H30BrClN2O3/c1-3-20(2)31-28(34)26(16-21-9-5-4-6-10-21)32(18-22-11-7-12-23(29)15-22)27(33)19-35-25-14-8-13-24(30)17-25/h4-15,17,20,26H,3,16,18-19H2,1-2H3,(H,31,34)/t20-,26-/m0/s1. The molecule has 0 heterocycles. The van der Waals surface area contributed by atoms with Crippen LogP contribution in [-0.4, -0.2) is 35.4 Å². The van der Waals surface area contributed by atoms with Gasteiger partial charge in [-0.2, -0.15) is 0 Å². The normalized spacial score (nSPS) is 12.5. The van der Waals surface area contributed by atoms with E-state index in [0.29, 0.717) is 17.2 Å². The summed E-state index contributed by atoms with van der Waals surface area (Å²) in [4.78, 5) is 28.6. The van der Waals surface area contributed by atoms with Crippen molar-refractivity contribution in [2.75, 3.05) is 6.61 Å². The van der Waals surface area contributed by atoms with Crippen molar-refractivity contribution in [2.45, 2.75) is 45.3 Å². The molecule has 0 unspecified atom stereocenters. The first-order valence-electron chi connectivity index (χ1n) is 11.6. The molecule has 2 atom stereocenters. The fraction of sp³-hybridized carbons (Fsp3) is 0.286. The number of benzene rings is 3. The average Bonchev–Trinajstić information content (AvgIpc) is 2.85. The van der Waals surface area contributed by atoms with Crippen LogP contribution in [0.3, 0.4) is 0 Å². The molecule has 7 heteroatoms. The lowest BCUT2D eigenvalue weighted by Gasteiger charge is -2.32. The lowest BCUT2D eigenvalue weighted by Crippen LogP contribution is -2.53. The second-order valence-electron chi connectivity index (χ2n) is 8.42. The Morgan fingerprint density at radius 3 is 2.40 bits per heavy atom. The number of ether oxygens (including phenoxy) is 1. The predicted octanol–water partition coefficient (Wildman–Crippen LogP) is 6.04. The van der Waals surface area contributed by atoms with E-state index in [1.165, 1.54) is 0 Å². The Morgan fingerprint density at radius 1 is 1.00 bits per heavy atom. The minimum atomic E-state index is -0.708. The summed E-state index contributed by atoms with van der Waals surface area (Å²) in [6.07, 6.45) is 1.18. The van der Waals surface area contributed by atoms with Gasteiger partial charge in [0, 0.05) is 28.5 Å². The molecule has 0 aliphatic heterocycles. The van der Waals surface area contributed by atoms with Gasteiger partial charge in [0.2, 0.25) is 5.91 Å². The van der Waals surface area contributed by atoms with Crippen molar-refractivity contribution in [3.63, 3.8) is 0 Å². The average molecular weight is 558 g/mol. The van der Waals surface area contributed by atoms with Gasteiger partial charge in [0.1, 0.15) is 11.8 Å². The monoisotopic (exact) mass is 556 g/mol. The van der Waals surface area contributed by atoms with Crippen LogP contribution in [0.1, 0.15) is 31.4 Å². The van der Waals surface area contributed by atoms with Gasteiger partial charge in [-0.25, -0.2) is 0 Å². The molecule has 0 aliphatic carbocycles. The first-order chi connectivity index (χ1) is 16.9. The second-order valence-corrected chi connectivity index (χ2v) is 9.77. The molecule has 3 rings (SSSR count). The maximum absolute atomic E-state index is 13.6. The summed E-state index contributed by atoms with van der Waals surface area (Å²) >= 11 is 9.56. The molecule has 0 saturated heterocycles. The Kier molecular flexibility index (Phi) is 10.2. The van der Waals surface area contributed by atoms with Gasteiger partial charge in [-0.05, 0) is 54.8 Å². The zero-order chi connectivity index (χ0) is 25.2. The van der Waals surface area contributed by atoms with E-state index in [1.54, 1.807) is 29.2 Å². The van der Waals surface area contributed by atoms with Gasteiger partial charge in [0.05, 0.1) is 0 Å². The summed E-state index contributed by atoms with van der Waals surface area (Å²) < 4.78 is 6.66. The van der Waals surface area contributed by atoms with Crippen LogP contribution in [0.25, 0.3) is 0 Å². The van der Waals surface area contributed by atoms with Crippen LogP contribution in [0.15, 0.2) is 83.3 Å². The third kappa shape index (κ3) is 8.41. The molecular formula is C28H30BrClN2O3. The Labute approximate surface area is 220 Å². The van der Waals surface area contributed by atoms with Gasteiger partial charge in [-0.1, -0.05) is 83.0 Å². The molecule has 0 aliphatic rings. The molecule has 5 nitrogen and oxygen atoms in total. The van der Waals surface area contributed by atoms with Gasteiger partial charge in [0.15, 0.2) is 6.61 Å². The number of carbonyl (C=O) groups excluding carboxylic acids is 2. The summed E-state index contributed by atoms with van der Waals surface area (Å²) in [6, 6.07) is 23.6. The number of nitrogens with zero attached hydrogens (tertiary/aromatic N) is 1. The summed E-state index contributed by atoms with van der Waals surface area (Å²) in [6.45, 7) is 4.03. The van der Waals surface area contributed by atoms with Crippen molar-refractivity contribution in [2.24, 2.45) is 0 Å². The van der Waals surface area contributed by atoms with Gasteiger partial charge in [-0.15, -0.1) is 0 Å². The molecule has 35 heavy (non-hydrogen) atoms. The molecule has 0 spiro atoms. The maximum atomic E-state index is 13.6. The van der Waals surface area contributed by atoms with Crippen LogP contribution in [0.5, 0.6) is 5.75 Å². The Balaban J connectivity index is 1.91. The Morgan fingerprint density at radius 2 is 1.71 bits per heavy atom. The molecule has 184 valence electrons. The van der Waals surface area contributed by atoms with E-state index in [4.69, 9.17) is 16.3 Å². The molecule has 2 amide bonds. The van der Waals surface area contributed by atoms with E-state index < -0.39 is 6.04 Å². The van der Waals surface area contributed by atoms with Crippen LogP contribution >= 0.6 is 27.5 Å². The Bertz CT molecular complexity index is 1130. The number of hydrogen-bond acceptors (Lipinski definition) is 3. The van der Waals surface area contributed by atoms with Gasteiger partial charge in [-0.3, -0.25) is 9.59 Å². The SMILES string of the molecule is CC[C@H](C)NC(=O)[C@H](Cc1ccccc1)N(Cc1cccc(Br)c1)C(=O)COc1cccc(Cl)c1. The zero-order valence-electron chi connectivity index (χ0n) is 19.9. The van der Waals surface area contributed by atoms with Crippen LogP contribution in [0, 0.1) is 0 Å². The minimum absolute atomic E-state index is 0.00805. The highest BCUT2D eigenvalue weighted by Gasteiger charge is 2.31. The van der Waals surface area contributed by atoms with Crippen molar-refractivity contribution in [1.82, 2.24) is 10.2 Å². The minimum Gasteiger partial charge on any atom is -0.484 e. The first-order valence-corrected chi connectivity index (χ1v) is 12.8. The molecular weight excluding hydrogens is 528 g/mol. The fourth-order valence-corrected chi connectivity index (χ4v) is 4.24. The first kappa shape index (κ1) is 26.8. The number of halogens is 2. The number of amides is 2. The summed E-state index contributed by atoms with van der Waals surface area (Å²) in [5.41, 5.74) is 1.88. The number of rotatable bonds is 11. The van der Waals surface area contributed by atoms with E-state index >= 15 is 0 Å². The van der Waals surface area contributed by atoms with Crippen LogP contribution < -0.4 is 10.1 Å². The number of nitrogens with one attached hydrogen (secondary N) is 1. The van der Waals surface area contributed by atoms with Crippen molar-refractivity contribution in [3.8, 4) is 5.75 Å². The molecule has 0 radical (unpaired) electrons. The van der Waals surface area contributed by atoms with E-state index in [9.17, 15) is 9.59 Å². The molecule has 0 aromatic heterocycles. The molecule has 3 aromatic carbocycles. The Hall–Kier alpha value is -2.83. The number of hydrogen-bond donors (Lipinski definition) is 1. The van der Waals surface area contributed by atoms with Gasteiger partial charge < -0.3 is 15.0 Å². The van der Waals surface area contributed by atoms with Gasteiger partial charge in [0.25, 0.3) is 5.91 Å². The van der Waals surface area contributed by atoms with Crippen molar-refractivity contribution >= 4 is 39.3 Å². The fourth-order valence-electron chi connectivity index (χ4n) is 3.61.